The van der Waals surface area contributed by atoms with E-state index < -0.39 is 5.92 Å². The van der Waals surface area contributed by atoms with Crippen LogP contribution in [-0.4, -0.2) is 43.3 Å². The van der Waals surface area contributed by atoms with E-state index >= 15 is 0 Å². The molecule has 0 atom stereocenters. The minimum Gasteiger partial charge on any atom is -0.490 e. The Morgan fingerprint density at radius 2 is 1.48 bits per heavy atom. The van der Waals surface area contributed by atoms with Crippen molar-refractivity contribution in [3.05, 3.63) is 80.1 Å². The van der Waals surface area contributed by atoms with Gasteiger partial charge in [-0.1, -0.05) is 57.5 Å². The highest BCUT2D eigenvalue weighted by Gasteiger charge is 2.49. The fourth-order valence-corrected chi connectivity index (χ4v) is 7.31. The summed E-state index contributed by atoms with van der Waals surface area (Å²) >= 11 is 6.99. The number of Topliss-reactive ketones (excluding diaryl/α,β-unsaturated/α-hetero) is 2. The quantitative estimate of drug-likeness (QED) is 0.281. The van der Waals surface area contributed by atoms with Crippen LogP contribution in [0.25, 0.3) is 0 Å². The number of carbonyl (C=O) groups is 2. The van der Waals surface area contributed by atoms with Gasteiger partial charge < -0.3 is 19.1 Å². The summed E-state index contributed by atoms with van der Waals surface area (Å²) < 4.78 is 17.9. The molecular weight excluding hydrogens is 574 g/mol. The van der Waals surface area contributed by atoms with Crippen LogP contribution in [0.3, 0.4) is 0 Å². The van der Waals surface area contributed by atoms with E-state index in [1.54, 1.807) is 7.11 Å². The summed E-state index contributed by atoms with van der Waals surface area (Å²) in [7, 11) is 1.68. The summed E-state index contributed by atoms with van der Waals surface area (Å²) in [6.45, 7) is 16.5. The zero-order valence-corrected chi connectivity index (χ0v) is 28.2. The summed E-state index contributed by atoms with van der Waals surface area (Å²) in [5.74, 6) is 0.617. The molecule has 7 heteroatoms. The highest BCUT2D eigenvalue weighted by atomic mass is 35.5. The molecule has 2 aromatic carbocycles. The van der Waals surface area contributed by atoms with E-state index in [9.17, 15) is 9.59 Å². The molecule has 0 amide bonds. The molecule has 2 aromatic rings. The van der Waals surface area contributed by atoms with Gasteiger partial charge in [0, 0.05) is 55.0 Å². The number of ketones is 2. The highest BCUT2D eigenvalue weighted by molar-refractivity contribution is 6.32. The second-order valence-corrected chi connectivity index (χ2v) is 14.6. The van der Waals surface area contributed by atoms with Crippen LogP contribution in [0.1, 0.15) is 88.5 Å². The first kappa shape index (κ1) is 32.3. The van der Waals surface area contributed by atoms with Crippen molar-refractivity contribution in [1.82, 2.24) is 4.90 Å². The molecule has 236 valence electrons. The van der Waals surface area contributed by atoms with Crippen LogP contribution >= 0.6 is 11.6 Å². The molecule has 0 aromatic heterocycles. The molecule has 0 spiro atoms. The van der Waals surface area contributed by atoms with Gasteiger partial charge in [0.15, 0.2) is 23.1 Å². The van der Waals surface area contributed by atoms with Crippen molar-refractivity contribution in [3.63, 3.8) is 0 Å². The third kappa shape index (κ3) is 6.34. The molecule has 2 aliphatic carbocycles. The van der Waals surface area contributed by atoms with Crippen molar-refractivity contribution in [2.75, 3.05) is 26.9 Å². The molecule has 1 heterocycles. The van der Waals surface area contributed by atoms with Crippen molar-refractivity contribution in [1.29, 1.82) is 0 Å². The number of rotatable bonds is 9. The zero-order chi connectivity index (χ0) is 32.0. The standard InChI is InChI=1S/C37H46ClNO5/c1-9-43-31-16-25(15-26(38)35(31)44-21-24-11-10-22(2)23(3)14-24)32-33-27(17-36(4,5)19-29(33)40)39(12-13-42-8)28-18-37(6,7)20-30(41)34(28)32/h10-11,14-16,32H,9,12-13,17-21H2,1-8H3. The number of allylic oxidation sites excluding steroid dienone is 4. The van der Waals surface area contributed by atoms with Crippen molar-refractivity contribution in [2.45, 2.75) is 86.7 Å². The molecular formula is C37H46ClNO5. The molecule has 0 radical (unpaired) electrons. The molecule has 5 rings (SSSR count). The predicted molar refractivity (Wildman–Crippen MR) is 174 cm³/mol. The molecule has 44 heavy (non-hydrogen) atoms. The number of aryl methyl sites for hydroxylation is 2. The molecule has 0 N–H and O–H groups in total. The molecule has 0 saturated carbocycles. The SMILES string of the molecule is CCOc1cc(C2C3=C(CC(C)(C)CC3=O)N(CCOC)C3=C2C(=O)CC(C)(C)C3)cc(Cl)c1OCc1ccc(C)c(C)c1. The number of hydrogen-bond acceptors (Lipinski definition) is 6. The van der Waals surface area contributed by atoms with Gasteiger partial charge in [-0.3, -0.25) is 9.59 Å². The van der Waals surface area contributed by atoms with Crippen LogP contribution < -0.4 is 9.47 Å². The number of halogens is 1. The highest BCUT2D eigenvalue weighted by Crippen LogP contribution is 2.55. The number of methoxy groups -OCH3 is 1. The monoisotopic (exact) mass is 619 g/mol. The molecule has 6 nitrogen and oxygen atoms in total. The topological polar surface area (TPSA) is 65.1 Å². The lowest BCUT2D eigenvalue weighted by atomic mass is 9.63. The minimum absolute atomic E-state index is 0.0806. The lowest BCUT2D eigenvalue weighted by Crippen LogP contribution is -2.45. The Balaban J connectivity index is 1.65. The summed E-state index contributed by atoms with van der Waals surface area (Å²) in [5.41, 5.74) is 7.26. The van der Waals surface area contributed by atoms with Gasteiger partial charge >= 0.3 is 0 Å². The van der Waals surface area contributed by atoms with Crippen LogP contribution in [0.5, 0.6) is 11.5 Å². The maximum atomic E-state index is 14.1. The smallest absolute Gasteiger partial charge is 0.180 e. The number of hydrogen-bond donors (Lipinski definition) is 0. The molecule has 0 unspecified atom stereocenters. The maximum Gasteiger partial charge on any atom is 0.180 e. The van der Waals surface area contributed by atoms with Gasteiger partial charge in [0.1, 0.15) is 6.61 Å². The Kier molecular flexibility index (Phi) is 9.08. The van der Waals surface area contributed by atoms with E-state index in [1.807, 2.05) is 19.1 Å². The number of benzene rings is 2. The van der Waals surface area contributed by atoms with E-state index in [4.69, 9.17) is 25.8 Å². The molecule has 0 saturated heterocycles. The normalized spacial score (nSPS) is 19.7. The Hall–Kier alpha value is -3.09. The Bertz CT molecular complexity index is 1500. The van der Waals surface area contributed by atoms with Crippen LogP contribution in [0.4, 0.5) is 0 Å². The molecule has 0 bridgehead atoms. The lowest BCUT2D eigenvalue weighted by Gasteiger charge is -2.49. The largest absolute Gasteiger partial charge is 0.490 e. The number of nitrogens with zero attached hydrogens (tertiary/aromatic N) is 1. The van der Waals surface area contributed by atoms with Crippen molar-refractivity contribution < 1.29 is 23.8 Å². The van der Waals surface area contributed by atoms with Crippen molar-refractivity contribution in [3.8, 4) is 11.5 Å². The van der Waals surface area contributed by atoms with E-state index in [0.717, 1.165) is 35.4 Å². The van der Waals surface area contributed by atoms with Gasteiger partial charge in [0.25, 0.3) is 0 Å². The second kappa shape index (κ2) is 12.4. The summed E-state index contributed by atoms with van der Waals surface area (Å²) in [4.78, 5) is 30.4. The van der Waals surface area contributed by atoms with Gasteiger partial charge in [-0.05, 0) is 78.8 Å². The number of ether oxygens (including phenoxy) is 3. The van der Waals surface area contributed by atoms with Crippen LogP contribution in [0.15, 0.2) is 52.9 Å². The van der Waals surface area contributed by atoms with Gasteiger partial charge in [-0.15, -0.1) is 0 Å². The van der Waals surface area contributed by atoms with Crippen molar-refractivity contribution >= 4 is 23.2 Å². The average molecular weight is 620 g/mol. The third-order valence-corrected chi connectivity index (χ3v) is 9.44. The summed E-state index contributed by atoms with van der Waals surface area (Å²) in [6, 6.07) is 10.0. The van der Waals surface area contributed by atoms with E-state index in [2.05, 4.69) is 64.6 Å². The number of carbonyl (C=O) groups excluding carboxylic acids is 2. The zero-order valence-electron chi connectivity index (χ0n) is 27.5. The van der Waals surface area contributed by atoms with Gasteiger partial charge in [0.2, 0.25) is 0 Å². The first-order chi connectivity index (χ1) is 20.7. The fraction of sp³-hybridized carbons (Fsp3) is 0.514. The second-order valence-electron chi connectivity index (χ2n) is 14.2. The third-order valence-electron chi connectivity index (χ3n) is 9.16. The Morgan fingerprint density at radius 3 is 2.02 bits per heavy atom. The first-order valence-corrected chi connectivity index (χ1v) is 16.1. The average Bonchev–Trinajstić information content (AvgIpc) is 2.91. The molecule has 0 fully saturated rings. The van der Waals surface area contributed by atoms with Crippen molar-refractivity contribution in [2.24, 2.45) is 10.8 Å². The Labute approximate surface area is 267 Å². The van der Waals surface area contributed by atoms with Gasteiger partial charge in [-0.2, -0.15) is 0 Å². The van der Waals surface area contributed by atoms with Crippen LogP contribution in [0.2, 0.25) is 5.02 Å². The first-order valence-electron chi connectivity index (χ1n) is 15.7. The van der Waals surface area contributed by atoms with E-state index in [1.165, 1.54) is 11.1 Å². The van der Waals surface area contributed by atoms with Crippen LogP contribution in [0, 0.1) is 24.7 Å². The lowest BCUT2D eigenvalue weighted by molar-refractivity contribution is -0.119. The molecule has 3 aliphatic rings. The van der Waals surface area contributed by atoms with Gasteiger partial charge in [-0.25, -0.2) is 0 Å². The predicted octanol–water partition coefficient (Wildman–Crippen LogP) is 8.27. The Morgan fingerprint density at radius 1 is 0.864 bits per heavy atom. The fourth-order valence-electron chi connectivity index (χ4n) is 7.04. The minimum atomic E-state index is -0.517. The maximum absolute atomic E-state index is 14.1. The van der Waals surface area contributed by atoms with E-state index in [0.29, 0.717) is 66.9 Å². The van der Waals surface area contributed by atoms with E-state index in [-0.39, 0.29) is 22.4 Å². The summed E-state index contributed by atoms with van der Waals surface area (Å²) in [5, 5.41) is 0.396. The van der Waals surface area contributed by atoms with Crippen LogP contribution in [-0.2, 0) is 20.9 Å². The van der Waals surface area contributed by atoms with Gasteiger partial charge in [0.05, 0.1) is 18.2 Å². The summed E-state index contributed by atoms with van der Waals surface area (Å²) in [6.07, 6.45) is 2.32. The molecule has 1 aliphatic heterocycles.